The number of carbonyl (C=O) groups is 1. The van der Waals surface area contributed by atoms with Gasteiger partial charge in [-0.05, 0) is 63.1 Å². The van der Waals surface area contributed by atoms with Gasteiger partial charge < -0.3 is 29.6 Å². The third-order valence-corrected chi connectivity index (χ3v) is 6.48. The van der Waals surface area contributed by atoms with Crippen molar-refractivity contribution in [3.63, 3.8) is 0 Å². The van der Waals surface area contributed by atoms with Gasteiger partial charge in [-0.25, -0.2) is 0 Å². The van der Waals surface area contributed by atoms with Crippen molar-refractivity contribution in [2.75, 3.05) is 0 Å². The molecule has 0 saturated heterocycles. The van der Waals surface area contributed by atoms with E-state index in [1.807, 2.05) is 18.2 Å². The molecule has 0 spiro atoms. The van der Waals surface area contributed by atoms with Gasteiger partial charge in [0.2, 0.25) is 11.2 Å². The molecule has 0 bridgehead atoms. The standard InChI is InChI=1S/C37H40O8/c1-2-3-4-5-6-7-8-9-10-11-12-13-14-15-16-17-18-19-20-21-33(42)45-37-35(43)34-31(41)25-28(38)26-32(34)44-36(37)27-22-23-29(39)30(40)24-27/h3-4,6-7,9-10,12-13,15-16,18-19,22-26,38-41H,2,5,8,11,14,17,20-21H2,1H3/b4-3-,7-6-,10-9-,13-12-,16-15?,19-18?. The molecular weight excluding hydrogens is 572 g/mol. The van der Waals surface area contributed by atoms with Crippen LogP contribution in [0.1, 0.15) is 58.3 Å². The quantitative estimate of drug-likeness (QED) is 0.0716. The lowest BCUT2D eigenvalue weighted by atomic mass is 10.1. The van der Waals surface area contributed by atoms with E-state index in [0.717, 1.165) is 50.3 Å². The van der Waals surface area contributed by atoms with E-state index in [-0.39, 0.29) is 34.5 Å². The summed E-state index contributed by atoms with van der Waals surface area (Å²) in [6.45, 7) is 2.13. The maximum absolute atomic E-state index is 13.3. The number of esters is 1. The van der Waals surface area contributed by atoms with Gasteiger partial charge in [-0.2, -0.15) is 0 Å². The van der Waals surface area contributed by atoms with E-state index in [0.29, 0.717) is 12.8 Å². The molecule has 4 N–H and O–H groups in total. The van der Waals surface area contributed by atoms with Crippen molar-refractivity contribution in [3.8, 4) is 40.1 Å². The second-order valence-corrected chi connectivity index (χ2v) is 10.1. The molecule has 2 aromatic carbocycles. The molecule has 0 unspecified atom stereocenters. The Labute approximate surface area is 262 Å². The van der Waals surface area contributed by atoms with Crippen molar-refractivity contribution in [1.82, 2.24) is 0 Å². The van der Waals surface area contributed by atoms with E-state index < -0.39 is 34.4 Å². The molecule has 3 rings (SSSR count). The molecule has 0 radical (unpaired) electrons. The van der Waals surface area contributed by atoms with Crippen LogP contribution in [0, 0.1) is 0 Å². The highest BCUT2D eigenvalue weighted by molar-refractivity contribution is 5.89. The van der Waals surface area contributed by atoms with E-state index in [4.69, 9.17) is 9.15 Å². The molecular formula is C37H40O8. The highest BCUT2D eigenvalue weighted by Gasteiger charge is 2.23. The highest BCUT2D eigenvalue weighted by atomic mass is 16.5. The van der Waals surface area contributed by atoms with Gasteiger partial charge in [-0.15, -0.1) is 0 Å². The van der Waals surface area contributed by atoms with E-state index in [9.17, 15) is 30.0 Å². The maximum Gasteiger partial charge on any atom is 0.311 e. The van der Waals surface area contributed by atoms with Crippen LogP contribution in [0.3, 0.4) is 0 Å². The predicted molar refractivity (Wildman–Crippen MR) is 178 cm³/mol. The number of carbonyl (C=O) groups excluding carboxylic acids is 1. The minimum Gasteiger partial charge on any atom is -0.508 e. The van der Waals surface area contributed by atoms with E-state index in [1.165, 1.54) is 12.1 Å². The first-order valence-corrected chi connectivity index (χ1v) is 15.0. The second-order valence-electron chi connectivity index (χ2n) is 10.1. The number of rotatable bonds is 16. The first-order valence-electron chi connectivity index (χ1n) is 15.0. The Kier molecular flexibility index (Phi) is 14.0. The van der Waals surface area contributed by atoms with Crippen molar-refractivity contribution in [1.29, 1.82) is 0 Å². The minimum atomic E-state index is -0.835. The molecule has 0 fully saturated rings. The van der Waals surface area contributed by atoms with Crippen LogP contribution in [0.25, 0.3) is 22.3 Å². The minimum absolute atomic E-state index is 0.0263. The average Bonchev–Trinajstić information content (AvgIpc) is 3.00. The summed E-state index contributed by atoms with van der Waals surface area (Å²) in [6, 6.07) is 5.78. The number of phenolic OH excluding ortho intramolecular Hbond substituents is 4. The number of aromatic hydroxyl groups is 4. The summed E-state index contributed by atoms with van der Waals surface area (Å²) >= 11 is 0. The van der Waals surface area contributed by atoms with Crippen LogP contribution in [0.5, 0.6) is 28.7 Å². The van der Waals surface area contributed by atoms with Crippen LogP contribution in [0.15, 0.2) is 112 Å². The molecule has 45 heavy (non-hydrogen) atoms. The lowest BCUT2D eigenvalue weighted by Crippen LogP contribution is -2.16. The zero-order valence-electron chi connectivity index (χ0n) is 25.4. The number of benzene rings is 2. The molecule has 0 atom stereocenters. The Morgan fingerprint density at radius 3 is 1.82 bits per heavy atom. The Hall–Kier alpha value is -5.24. The molecule has 0 aliphatic rings. The summed E-state index contributed by atoms with van der Waals surface area (Å²) in [5.74, 6) is -3.17. The molecule has 236 valence electrons. The normalized spacial score (nSPS) is 12.4. The summed E-state index contributed by atoms with van der Waals surface area (Å²) in [5, 5.41) is 39.4. The van der Waals surface area contributed by atoms with Gasteiger partial charge in [-0.3, -0.25) is 9.59 Å². The predicted octanol–water partition coefficient (Wildman–Crippen LogP) is 8.67. The van der Waals surface area contributed by atoms with Gasteiger partial charge in [-0.1, -0.05) is 79.8 Å². The van der Waals surface area contributed by atoms with E-state index >= 15 is 0 Å². The van der Waals surface area contributed by atoms with Crippen molar-refractivity contribution in [2.45, 2.75) is 58.3 Å². The fourth-order valence-corrected chi connectivity index (χ4v) is 4.22. The third-order valence-electron chi connectivity index (χ3n) is 6.48. The van der Waals surface area contributed by atoms with Crippen LogP contribution < -0.4 is 10.2 Å². The van der Waals surface area contributed by atoms with Gasteiger partial charge >= 0.3 is 5.97 Å². The zero-order chi connectivity index (χ0) is 32.4. The number of fused-ring (bicyclic) bond motifs is 1. The van der Waals surface area contributed by atoms with Gasteiger partial charge in [0.25, 0.3) is 0 Å². The number of phenols is 4. The highest BCUT2D eigenvalue weighted by Crippen LogP contribution is 2.38. The van der Waals surface area contributed by atoms with Crippen LogP contribution in [-0.4, -0.2) is 26.4 Å². The lowest BCUT2D eigenvalue weighted by molar-refractivity contribution is -0.134. The van der Waals surface area contributed by atoms with Crippen LogP contribution in [-0.2, 0) is 4.79 Å². The molecule has 3 aromatic rings. The fourth-order valence-electron chi connectivity index (χ4n) is 4.22. The van der Waals surface area contributed by atoms with Crippen molar-refractivity contribution >= 4 is 16.9 Å². The number of hydrogen-bond acceptors (Lipinski definition) is 8. The third kappa shape index (κ3) is 11.1. The SMILES string of the molecule is CC/C=C\C/C=C\C/C=C\C/C=C\CC=CCC=CCCC(=O)Oc1c(-c2ccc(O)c(O)c2)oc2cc(O)cc(O)c2c1=O. The Morgan fingerprint density at radius 2 is 1.27 bits per heavy atom. The summed E-state index contributed by atoms with van der Waals surface area (Å²) in [6.07, 6.45) is 30.9. The number of ether oxygens (including phenoxy) is 1. The molecule has 0 amide bonds. The monoisotopic (exact) mass is 612 g/mol. The van der Waals surface area contributed by atoms with Crippen LogP contribution in [0.4, 0.5) is 0 Å². The van der Waals surface area contributed by atoms with Gasteiger partial charge in [0.05, 0.1) is 0 Å². The van der Waals surface area contributed by atoms with Gasteiger partial charge in [0, 0.05) is 24.1 Å². The molecule has 1 heterocycles. The molecule has 1 aromatic heterocycles. The smallest absolute Gasteiger partial charge is 0.311 e. The second kappa shape index (κ2) is 18.4. The van der Waals surface area contributed by atoms with Crippen LogP contribution in [0.2, 0.25) is 0 Å². The number of allylic oxidation sites excluding steroid dienone is 12. The molecule has 0 saturated carbocycles. The molecule has 0 aliphatic heterocycles. The van der Waals surface area contributed by atoms with Crippen LogP contribution >= 0.6 is 0 Å². The Morgan fingerprint density at radius 1 is 0.711 bits per heavy atom. The number of hydrogen-bond donors (Lipinski definition) is 4. The van der Waals surface area contributed by atoms with Gasteiger partial charge in [0.1, 0.15) is 22.5 Å². The first-order chi connectivity index (χ1) is 21.8. The fraction of sp³-hybridized carbons (Fsp3) is 0.243. The molecule has 8 heteroatoms. The Balaban J connectivity index is 1.49. The van der Waals surface area contributed by atoms with Crippen molar-refractivity contribution in [3.05, 3.63) is 113 Å². The largest absolute Gasteiger partial charge is 0.508 e. The Bertz CT molecular complexity index is 1670. The summed E-state index contributed by atoms with van der Waals surface area (Å²) in [5.41, 5.74) is -0.858. The average molecular weight is 613 g/mol. The summed E-state index contributed by atoms with van der Waals surface area (Å²) in [4.78, 5) is 25.9. The summed E-state index contributed by atoms with van der Waals surface area (Å²) < 4.78 is 11.1. The summed E-state index contributed by atoms with van der Waals surface area (Å²) in [7, 11) is 0. The van der Waals surface area contributed by atoms with Gasteiger partial charge in [0.15, 0.2) is 17.3 Å². The molecule has 8 nitrogen and oxygen atoms in total. The van der Waals surface area contributed by atoms with Crippen molar-refractivity contribution in [2.24, 2.45) is 0 Å². The van der Waals surface area contributed by atoms with E-state index in [1.54, 1.807) is 0 Å². The molecule has 0 aliphatic carbocycles. The zero-order valence-corrected chi connectivity index (χ0v) is 25.4. The lowest BCUT2D eigenvalue weighted by Gasteiger charge is -2.12. The maximum atomic E-state index is 13.3. The first kappa shape index (κ1) is 34.3. The topological polar surface area (TPSA) is 137 Å². The van der Waals surface area contributed by atoms with Crippen molar-refractivity contribution < 1.29 is 34.4 Å². The van der Waals surface area contributed by atoms with E-state index in [2.05, 4.69) is 61.6 Å².